The van der Waals surface area contributed by atoms with Crippen molar-refractivity contribution in [2.75, 3.05) is 21.3 Å². The molecule has 0 fully saturated rings. The lowest BCUT2D eigenvalue weighted by Gasteiger charge is -2.30. The average Bonchev–Trinajstić information content (AvgIpc) is 2.86. The fourth-order valence-corrected chi connectivity index (χ4v) is 3.81. The number of ether oxygens (including phenoxy) is 3. The van der Waals surface area contributed by atoms with Crippen LogP contribution in [-0.2, 0) is 13.0 Å². The summed E-state index contributed by atoms with van der Waals surface area (Å²) in [7, 11) is 4.96. The van der Waals surface area contributed by atoms with Gasteiger partial charge in [-0.1, -0.05) is 0 Å². The molecule has 0 aromatic heterocycles. The van der Waals surface area contributed by atoms with Gasteiger partial charge in [-0.2, -0.15) is 0 Å². The summed E-state index contributed by atoms with van der Waals surface area (Å²) >= 11 is 5.00. The Hall–Kier alpha value is -1.73. The van der Waals surface area contributed by atoms with E-state index in [9.17, 15) is 0 Å². The Bertz CT molecular complexity index is 621. The molecule has 0 saturated carbocycles. The summed E-state index contributed by atoms with van der Waals surface area (Å²) in [6.45, 7) is 0.674. The normalized spacial score (nSPS) is 19.5. The van der Waals surface area contributed by atoms with Crippen LogP contribution in [0.2, 0.25) is 0 Å². The van der Waals surface area contributed by atoms with Crippen LogP contribution in [0.4, 0.5) is 0 Å². The number of rotatable bonds is 4. The Kier molecular flexibility index (Phi) is 4.01. The molecule has 120 valence electrons. The monoisotopic (exact) mass is 323 g/mol. The van der Waals surface area contributed by atoms with Crippen molar-refractivity contribution < 1.29 is 14.2 Å². The molecule has 1 heterocycles. The Morgan fingerprint density at radius 3 is 2.36 bits per heavy atom. The lowest BCUT2D eigenvalue weighted by atomic mass is 9.85. The molecule has 2 aliphatic rings. The largest absolute Gasteiger partial charge is 0.492 e. The summed E-state index contributed by atoms with van der Waals surface area (Å²) in [6, 6.07) is 0.231. The van der Waals surface area contributed by atoms with Crippen molar-refractivity contribution in [3.63, 3.8) is 0 Å². The molecule has 0 bridgehead atoms. The maximum atomic E-state index is 5.66. The molecule has 0 spiro atoms. The van der Waals surface area contributed by atoms with E-state index in [4.69, 9.17) is 32.2 Å². The van der Waals surface area contributed by atoms with E-state index >= 15 is 0 Å². The molecule has 7 heteroatoms. The third-order valence-electron chi connectivity index (χ3n) is 4.42. The van der Waals surface area contributed by atoms with Crippen molar-refractivity contribution in [2.24, 2.45) is 5.73 Å². The molecule has 6 nitrogen and oxygen atoms in total. The lowest BCUT2D eigenvalue weighted by Crippen LogP contribution is -2.44. The molecule has 22 heavy (non-hydrogen) atoms. The van der Waals surface area contributed by atoms with Gasteiger partial charge in [0, 0.05) is 17.7 Å². The van der Waals surface area contributed by atoms with E-state index in [1.165, 1.54) is 11.1 Å². The summed E-state index contributed by atoms with van der Waals surface area (Å²) in [6.07, 6.45) is 3.11. The van der Waals surface area contributed by atoms with E-state index in [1.54, 1.807) is 21.3 Å². The highest BCUT2D eigenvalue weighted by Crippen LogP contribution is 2.54. The second-order valence-electron chi connectivity index (χ2n) is 5.48. The lowest BCUT2D eigenvalue weighted by molar-refractivity contribution is 0.162. The van der Waals surface area contributed by atoms with Crippen LogP contribution in [0.3, 0.4) is 0 Å². The maximum absolute atomic E-state index is 5.66. The number of nitrogens with two attached hydrogens (primary N) is 1. The Balaban J connectivity index is 2.19. The molecule has 0 saturated heterocycles. The number of methoxy groups -OCH3 is 3. The number of hydrazine groups is 1. The zero-order valence-electron chi connectivity index (χ0n) is 13.1. The van der Waals surface area contributed by atoms with E-state index in [2.05, 4.69) is 10.4 Å². The first-order valence-corrected chi connectivity index (χ1v) is 7.69. The average molecular weight is 323 g/mol. The number of benzene rings is 1. The number of thiocarbonyl (C=S) groups is 1. The smallest absolute Gasteiger partial charge is 0.203 e. The van der Waals surface area contributed by atoms with Gasteiger partial charge in [0.2, 0.25) is 5.75 Å². The van der Waals surface area contributed by atoms with Crippen molar-refractivity contribution in [1.82, 2.24) is 10.4 Å². The van der Waals surface area contributed by atoms with E-state index in [1.807, 2.05) is 0 Å². The standard InChI is InChI=1S/C15H21N3O3S/c1-19-12-8-5-4-6-10-11(8)9(7-18(10)17-15(16)22)13(20-2)14(12)21-3/h10H,4-7H2,1-3H3,(H3,16,17,22). The molecule has 1 aromatic rings. The van der Waals surface area contributed by atoms with Gasteiger partial charge in [0.15, 0.2) is 16.6 Å². The molecule has 3 rings (SSSR count). The van der Waals surface area contributed by atoms with Gasteiger partial charge in [-0.05, 0) is 37.0 Å². The van der Waals surface area contributed by atoms with E-state index < -0.39 is 0 Å². The summed E-state index contributed by atoms with van der Waals surface area (Å²) in [4.78, 5) is 0. The molecule has 1 unspecified atom stereocenters. The van der Waals surface area contributed by atoms with Gasteiger partial charge >= 0.3 is 0 Å². The fourth-order valence-electron chi connectivity index (χ4n) is 3.70. The molecule has 1 aliphatic heterocycles. The van der Waals surface area contributed by atoms with Gasteiger partial charge in [0.05, 0.1) is 27.4 Å². The Morgan fingerprint density at radius 2 is 1.77 bits per heavy atom. The van der Waals surface area contributed by atoms with Gasteiger partial charge in [-0.3, -0.25) is 5.43 Å². The molecular weight excluding hydrogens is 302 g/mol. The van der Waals surface area contributed by atoms with Gasteiger partial charge in [-0.25, -0.2) is 5.01 Å². The minimum atomic E-state index is 0.231. The second kappa shape index (κ2) is 5.81. The molecule has 1 atom stereocenters. The van der Waals surface area contributed by atoms with Crippen LogP contribution in [0, 0.1) is 0 Å². The second-order valence-corrected chi connectivity index (χ2v) is 5.92. The van der Waals surface area contributed by atoms with Crippen molar-refractivity contribution >= 4 is 17.3 Å². The minimum Gasteiger partial charge on any atom is -0.492 e. The van der Waals surface area contributed by atoms with Crippen LogP contribution in [0.15, 0.2) is 0 Å². The van der Waals surface area contributed by atoms with E-state index in [-0.39, 0.29) is 11.2 Å². The third kappa shape index (κ3) is 2.16. The first-order valence-electron chi connectivity index (χ1n) is 7.28. The highest BCUT2D eigenvalue weighted by Gasteiger charge is 2.40. The highest BCUT2D eigenvalue weighted by molar-refractivity contribution is 7.80. The van der Waals surface area contributed by atoms with Gasteiger partial charge in [0.25, 0.3) is 0 Å². The Labute approximate surface area is 135 Å². The van der Waals surface area contributed by atoms with Crippen molar-refractivity contribution in [1.29, 1.82) is 0 Å². The Morgan fingerprint density at radius 1 is 1.14 bits per heavy atom. The SMILES string of the molecule is COc1c2c3c(c(OC)c1OC)CN(NC(N)=S)C3CCC2. The first kappa shape index (κ1) is 15.2. The zero-order chi connectivity index (χ0) is 15.9. The van der Waals surface area contributed by atoms with Crippen LogP contribution in [0.5, 0.6) is 17.2 Å². The van der Waals surface area contributed by atoms with Gasteiger partial charge in [-0.15, -0.1) is 0 Å². The summed E-state index contributed by atoms with van der Waals surface area (Å²) < 4.78 is 16.8. The topological polar surface area (TPSA) is 69.0 Å². The number of nitrogens with one attached hydrogen (secondary N) is 1. The number of hydrogen-bond acceptors (Lipinski definition) is 5. The quantitative estimate of drug-likeness (QED) is 0.817. The fraction of sp³-hybridized carbons (Fsp3) is 0.533. The molecular formula is C15H21N3O3S. The van der Waals surface area contributed by atoms with Crippen LogP contribution in [0.1, 0.15) is 35.6 Å². The molecule has 1 aromatic carbocycles. The molecule has 1 aliphatic carbocycles. The highest BCUT2D eigenvalue weighted by atomic mass is 32.1. The summed E-state index contributed by atoms with van der Waals surface area (Å²) in [5.74, 6) is 2.17. The van der Waals surface area contributed by atoms with Crippen LogP contribution in [0.25, 0.3) is 0 Å². The van der Waals surface area contributed by atoms with Crippen LogP contribution < -0.4 is 25.4 Å². The summed E-state index contributed by atoms with van der Waals surface area (Å²) in [5.41, 5.74) is 12.3. The van der Waals surface area contributed by atoms with E-state index in [0.29, 0.717) is 12.3 Å². The minimum absolute atomic E-state index is 0.231. The van der Waals surface area contributed by atoms with Gasteiger partial charge < -0.3 is 19.9 Å². The van der Waals surface area contributed by atoms with Crippen LogP contribution >= 0.6 is 12.2 Å². The summed E-state index contributed by atoms with van der Waals surface area (Å²) in [5, 5.41) is 2.36. The van der Waals surface area contributed by atoms with E-state index in [0.717, 1.165) is 36.3 Å². The van der Waals surface area contributed by atoms with Gasteiger partial charge in [0.1, 0.15) is 0 Å². The van der Waals surface area contributed by atoms with Crippen molar-refractivity contribution in [3.05, 3.63) is 16.7 Å². The number of hydrogen-bond donors (Lipinski definition) is 2. The zero-order valence-corrected chi connectivity index (χ0v) is 13.9. The number of nitrogens with zero attached hydrogens (tertiary/aromatic N) is 1. The molecule has 3 N–H and O–H groups in total. The third-order valence-corrected chi connectivity index (χ3v) is 4.51. The maximum Gasteiger partial charge on any atom is 0.203 e. The van der Waals surface area contributed by atoms with Crippen molar-refractivity contribution in [2.45, 2.75) is 31.8 Å². The molecule has 0 amide bonds. The molecule has 0 radical (unpaired) electrons. The van der Waals surface area contributed by atoms with Crippen molar-refractivity contribution in [3.8, 4) is 17.2 Å². The van der Waals surface area contributed by atoms with Crippen LogP contribution in [-0.4, -0.2) is 31.5 Å². The first-order chi connectivity index (χ1) is 10.6. The predicted octanol–water partition coefficient (Wildman–Crippen LogP) is 1.65. The predicted molar refractivity (Wildman–Crippen MR) is 87.2 cm³/mol.